The molecular formula is C40H24N2. The van der Waals surface area contributed by atoms with Crippen molar-refractivity contribution in [2.75, 3.05) is 0 Å². The van der Waals surface area contributed by atoms with Crippen LogP contribution in [-0.4, -0.2) is 8.97 Å². The van der Waals surface area contributed by atoms with Gasteiger partial charge in [-0.1, -0.05) is 115 Å². The first-order valence-corrected chi connectivity index (χ1v) is 14.5. The molecule has 0 aliphatic heterocycles. The summed E-state index contributed by atoms with van der Waals surface area (Å²) in [5, 5.41) is 10.3. The van der Waals surface area contributed by atoms with Crippen molar-refractivity contribution in [3.63, 3.8) is 0 Å². The summed E-state index contributed by atoms with van der Waals surface area (Å²) in [6.07, 6.45) is 0. The van der Waals surface area contributed by atoms with E-state index in [4.69, 9.17) is 0 Å². The lowest BCUT2D eigenvalue weighted by atomic mass is 9.97. The van der Waals surface area contributed by atoms with Crippen LogP contribution >= 0.6 is 0 Å². The van der Waals surface area contributed by atoms with E-state index in [9.17, 15) is 0 Å². The Balaban J connectivity index is 1.46. The van der Waals surface area contributed by atoms with Crippen LogP contribution < -0.4 is 0 Å². The van der Waals surface area contributed by atoms with Gasteiger partial charge < -0.3 is 8.97 Å². The lowest BCUT2D eigenvalue weighted by Gasteiger charge is -2.15. The van der Waals surface area contributed by atoms with Gasteiger partial charge >= 0.3 is 0 Å². The maximum absolute atomic E-state index is 2.50. The van der Waals surface area contributed by atoms with E-state index in [1.807, 2.05) is 0 Å². The summed E-state index contributed by atoms with van der Waals surface area (Å²) in [4.78, 5) is 0. The summed E-state index contributed by atoms with van der Waals surface area (Å²) in [6.45, 7) is 0. The minimum atomic E-state index is 1.21. The number of rotatable bonds is 2. The first-order valence-electron chi connectivity index (χ1n) is 14.5. The number of hydrogen-bond acceptors (Lipinski definition) is 0. The third kappa shape index (κ3) is 2.69. The molecule has 3 heterocycles. The molecule has 0 amide bonds. The van der Waals surface area contributed by atoms with E-state index in [-0.39, 0.29) is 0 Å². The molecule has 0 atom stereocenters. The molecule has 0 fully saturated rings. The molecule has 0 aliphatic carbocycles. The Kier molecular flexibility index (Phi) is 4.21. The van der Waals surface area contributed by atoms with Crippen LogP contribution in [-0.2, 0) is 0 Å². The van der Waals surface area contributed by atoms with Crippen molar-refractivity contribution in [3.8, 4) is 16.8 Å². The third-order valence-electron chi connectivity index (χ3n) is 9.25. The van der Waals surface area contributed by atoms with E-state index in [1.165, 1.54) is 87.5 Å². The fourth-order valence-electron chi connectivity index (χ4n) is 7.58. The summed E-state index contributed by atoms with van der Waals surface area (Å²) in [6, 6.07) is 53.4. The molecule has 2 nitrogen and oxygen atoms in total. The molecule has 7 aromatic carbocycles. The molecule has 2 heteroatoms. The quantitative estimate of drug-likeness (QED) is 0.209. The van der Waals surface area contributed by atoms with Gasteiger partial charge in [-0.15, -0.1) is 0 Å². The van der Waals surface area contributed by atoms with E-state index in [2.05, 4.69) is 155 Å². The molecule has 3 aromatic heterocycles. The van der Waals surface area contributed by atoms with Crippen LogP contribution in [0.1, 0.15) is 0 Å². The summed E-state index contributed by atoms with van der Waals surface area (Å²) in [7, 11) is 0. The highest BCUT2D eigenvalue weighted by molar-refractivity contribution is 6.33. The molecule has 0 saturated heterocycles. The molecule has 0 radical (unpaired) electrons. The number of fused-ring (bicyclic) bond motifs is 7. The van der Waals surface area contributed by atoms with E-state index in [0.717, 1.165) is 0 Å². The minimum Gasteiger partial charge on any atom is -0.309 e. The van der Waals surface area contributed by atoms with E-state index >= 15 is 0 Å². The molecule has 10 aromatic rings. The van der Waals surface area contributed by atoms with Gasteiger partial charge in [0.15, 0.2) is 0 Å². The highest BCUT2D eigenvalue weighted by atomic mass is 15.0. The van der Waals surface area contributed by atoms with Crippen molar-refractivity contribution in [1.29, 1.82) is 0 Å². The second kappa shape index (κ2) is 7.99. The van der Waals surface area contributed by atoms with Gasteiger partial charge in [0.05, 0.1) is 33.3 Å². The van der Waals surface area contributed by atoms with Crippen LogP contribution in [0.5, 0.6) is 0 Å². The first-order chi connectivity index (χ1) is 20.9. The Morgan fingerprint density at radius 1 is 0.333 bits per heavy atom. The fourth-order valence-corrected chi connectivity index (χ4v) is 7.58. The third-order valence-corrected chi connectivity index (χ3v) is 9.25. The lowest BCUT2D eigenvalue weighted by molar-refractivity contribution is 1.20. The van der Waals surface area contributed by atoms with Crippen molar-refractivity contribution in [2.45, 2.75) is 0 Å². The minimum absolute atomic E-state index is 1.21. The average Bonchev–Trinajstić information content (AvgIpc) is 3.53. The lowest BCUT2D eigenvalue weighted by Crippen LogP contribution is -1.96. The normalized spacial score (nSPS) is 12.3. The maximum Gasteiger partial charge on any atom is 0.0641 e. The smallest absolute Gasteiger partial charge is 0.0641 e. The monoisotopic (exact) mass is 532 g/mol. The zero-order chi connectivity index (χ0) is 27.4. The van der Waals surface area contributed by atoms with Crippen LogP contribution in [0, 0.1) is 0 Å². The molecule has 0 saturated carbocycles. The highest BCUT2D eigenvalue weighted by Crippen LogP contribution is 2.46. The van der Waals surface area contributed by atoms with Gasteiger partial charge in [-0.05, 0) is 52.2 Å². The van der Waals surface area contributed by atoms with Crippen LogP contribution in [0.15, 0.2) is 146 Å². The van der Waals surface area contributed by atoms with E-state index < -0.39 is 0 Å². The van der Waals surface area contributed by atoms with Gasteiger partial charge in [0, 0.05) is 32.3 Å². The summed E-state index contributed by atoms with van der Waals surface area (Å²) < 4.78 is 5.00. The number of hydrogen-bond donors (Lipinski definition) is 0. The van der Waals surface area contributed by atoms with Gasteiger partial charge in [0.1, 0.15) is 0 Å². The summed E-state index contributed by atoms with van der Waals surface area (Å²) in [5.74, 6) is 0. The van der Waals surface area contributed by atoms with Crippen LogP contribution in [0.4, 0.5) is 0 Å². The number of aromatic nitrogens is 2. The number of para-hydroxylation sites is 2. The Bertz CT molecular complexity index is 2670. The average molecular weight is 533 g/mol. The second-order valence-corrected chi connectivity index (χ2v) is 11.3. The molecule has 0 unspecified atom stereocenters. The van der Waals surface area contributed by atoms with Gasteiger partial charge in [-0.2, -0.15) is 0 Å². The van der Waals surface area contributed by atoms with Gasteiger partial charge in [0.25, 0.3) is 0 Å². The Morgan fingerprint density at radius 3 is 1.71 bits per heavy atom. The number of benzene rings is 7. The zero-order valence-corrected chi connectivity index (χ0v) is 22.8. The molecule has 0 N–H and O–H groups in total. The molecular weight excluding hydrogens is 508 g/mol. The first kappa shape index (κ1) is 22.1. The second-order valence-electron chi connectivity index (χ2n) is 11.3. The van der Waals surface area contributed by atoms with Crippen LogP contribution in [0.3, 0.4) is 0 Å². The molecule has 42 heavy (non-hydrogen) atoms. The topological polar surface area (TPSA) is 9.34 Å². The zero-order valence-electron chi connectivity index (χ0n) is 22.8. The maximum atomic E-state index is 2.50. The van der Waals surface area contributed by atoms with E-state index in [0.29, 0.717) is 0 Å². The van der Waals surface area contributed by atoms with Crippen LogP contribution in [0.25, 0.3) is 87.5 Å². The van der Waals surface area contributed by atoms with Gasteiger partial charge in [-0.3, -0.25) is 0 Å². The highest BCUT2D eigenvalue weighted by Gasteiger charge is 2.23. The molecule has 0 bridgehead atoms. The largest absolute Gasteiger partial charge is 0.309 e. The molecule has 194 valence electrons. The van der Waals surface area contributed by atoms with Crippen molar-refractivity contribution < 1.29 is 0 Å². The molecule has 0 spiro atoms. The fraction of sp³-hybridized carbons (Fsp3) is 0. The van der Waals surface area contributed by atoms with Crippen molar-refractivity contribution in [3.05, 3.63) is 146 Å². The molecule has 10 rings (SSSR count). The van der Waals surface area contributed by atoms with Crippen LogP contribution in [0.2, 0.25) is 0 Å². The standard InChI is InChI=1S/C40H24N2/c1-2-11-25(12-3-1)26-21-23-35(28-14-5-4-13-27(26)28)41-36-20-10-17-31-29-15-6-8-18-33(29)42-34-19-9-7-16-30(34)32-22-24-37(41)39(38(31)36)40(32)42/h1-24H. The van der Waals surface area contributed by atoms with Crippen molar-refractivity contribution in [2.24, 2.45) is 0 Å². The van der Waals surface area contributed by atoms with Crippen molar-refractivity contribution in [1.82, 2.24) is 8.97 Å². The summed E-state index contributed by atoms with van der Waals surface area (Å²) in [5.41, 5.74) is 9.96. The molecule has 0 aliphatic rings. The van der Waals surface area contributed by atoms with Gasteiger partial charge in [-0.25, -0.2) is 0 Å². The van der Waals surface area contributed by atoms with Crippen molar-refractivity contribution >= 4 is 70.7 Å². The van der Waals surface area contributed by atoms with E-state index in [1.54, 1.807) is 0 Å². The predicted octanol–water partition coefficient (Wildman–Crippen LogP) is 10.8. The summed E-state index contributed by atoms with van der Waals surface area (Å²) >= 11 is 0. The Morgan fingerprint density at radius 2 is 0.929 bits per heavy atom. The van der Waals surface area contributed by atoms with Gasteiger partial charge in [0.2, 0.25) is 0 Å². The SMILES string of the molecule is c1ccc(-c2ccc(-n3c4cccc5c6ccccc6n6c7ccccc7c7ccc3c(c54)c76)c3ccccc23)cc1. The Hall–Kier alpha value is -5.60. The predicted molar refractivity (Wildman–Crippen MR) is 178 cm³/mol. The Labute approximate surface area is 241 Å². The number of nitrogens with zero attached hydrogens (tertiary/aromatic N) is 2.